The van der Waals surface area contributed by atoms with E-state index in [2.05, 4.69) is 11.6 Å². The van der Waals surface area contributed by atoms with Crippen molar-refractivity contribution in [1.29, 1.82) is 0 Å². The first-order chi connectivity index (χ1) is 7.17. The highest BCUT2D eigenvalue weighted by Gasteiger charge is 2.23. The van der Waals surface area contributed by atoms with E-state index < -0.39 is 0 Å². The predicted octanol–water partition coefficient (Wildman–Crippen LogP) is 1.34. The molecule has 2 atom stereocenters. The summed E-state index contributed by atoms with van der Waals surface area (Å²) in [5, 5.41) is 4.15. The summed E-state index contributed by atoms with van der Waals surface area (Å²) in [6.07, 6.45) is 5.89. The van der Waals surface area contributed by atoms with Crippen molar-refractivity contribution in [1.82, 2.24) is 10.2 Å². The van der Waals surface area contributed by atoms with Crippen LogP contribution in [0.1, 0.15) is 26.2 Å². The van der Waals surface area contributed by atoms with Crippen LogP contribution in [0, 0.1) is 0 Å². The van der Waals surface area contributed by atoms with Crippen molar-refractivity contribution in [3.05, 3.63) is 0 Å². The maximum absolute atomic E-state index is 11.5. The zero-order chi connectivity index (χ0) is 11.3. The van der Waals surface area contributed by atoms with E-state index in [9.17, 15) is 4.79 Å². The van der Waals surface area contributed by atoms with E-state index in [4.69, 9.17) is 0 Å². The quantitative estimate of drug-likeness (QED) is 0.773. The number of nitrogens with one attached hydrogen (secondary N) is 1. The number of carbonyl (C=O) groups excluding carboxylic acids is 1. The van der Waals surface area contributed by atoms with Crippen LogP contribution in [0.3, 0.4) is 0 Å². The van der Waals surface area contributed by atoms with Crippen molar-refractivity contribution in [3.8, 4) is 0 Å². The SMILES string of the molecule is CCN(C)C(=O)CNC1CCC(SC)C1. The molecule has 1 fully saturated rings. The van der Waals surface area contributed by atoms with Gasteiger partial charge in [0.05, 0.1) is 6.54 Å². The first-order valence-electron chi connectivity index (χ1n) is 5.67. The van der Waals surface area contributed by atoms with Crippen LogP contribution in [0.4, 0.5) is 0 Å². The molecule has 0 heterocycles. The third-order valence-electron chi connectivity index (χ3n) is 3.16. The average Bonchev–Trinajstić information content (AvgIpc) is 2.72. The molecular weight excluding hydrogens is 208 g/mol. The van der Waals surface area contributed by atoms with Crippen LogP contribution in [-0.2, 0) is 4.79 Å². The average molecular weight is 230 g/mol. The molecule has 1 aliphatic carbocycles. The molecule has 0 aliphatic heterocycles. The standard InChI is InChI=1S/C11H22N2OS/c1-4-13(2)11(14)8-12-9-5-6-10(7-9)15-3/h9-10,12H,4-8H2,1-3H3. The lowest BCUT2D eigenvalue weighted by atomic mass is 10.2. The Kier molecular flexibility index (Phi) is 5.47. The molecule has 15 heavy (non-hydrogen) atoms. The van der Waals surface area contributed by atoms with Gasteiger partial charge >= 0.3 is 0 Å². The number of carbonyl (C=O) groups is 1. The lowest BCUT2D eigenvalue weighted by Gasteiger charge is -2.17. The van der Waals surface area contributed by atoms with E-state index in [1.807, 2.05) is 25.7 Å². The van der Waals surface area contributed by atoms with E-state index in [-0.39, 0.29) is 5.91 Å². The summed E-state index contributed by atoms with van der Waals surface area (Å²) in [5.41, 5.74) is 0. The van der Waals surface area contributed by atoms with Crippen LogP contribution in [-0.4, -0.2) is 48.5 Å². The summed E-state index contributed by atoms with van der Waals surface area (Å²) in [6, 6.07) is 0.552. The molecule has 3 nitrogen and oxygen atoms in total. The summed E-state index contributed by atoms with van der Waals surface area (Å²) in [5.74, 6) is 0.199. The van der Waals surface area contributed by atoms with Gasteiger partial charge in [0.1, 0.15) is 0 Å². The molecule has 1 saturated carbocycles. The van der Waals surface area contributed by atoms with Gasteiger partial charge in [0.2, 0.25) is 5.91 Å². The molecule has 0 spiro atoms. The molecular formula is C11H22N2OS. The van der Waals surface area contributed by atoms with E-state index in [1.54, 1.807) is 4.90 Å². The Balaban J connectivity index is 2.18. The van der Waals surface area contributed by atoms with Gasteiger partial charge in [-0.25, -0.2) is 0 Å². The van der Waals surface area contributed by atoms with Crippen molar-refractivity contribution in [2.45, 2.75) is 37.5 Å². The van der Waals surface area contributed by atoms with Gasteiger partial charge in [-0.2, -0.15) is 11.8 Å². The minimum atomic E-state index is 0.199. The summed E-state index contributed by atoms with van der Waals surface area (Å²) in [7, 11) is 1.85. The minimum Gasteiger partial charge on any atom is -0.345 e. The van der Waals surface area contributed by atoms with Crippen molar-refractivity contribution in [3.63, 3.8) is 0 Å². The normalized spacial score (nSPS) is 25.5. The van der Waals surface area contributed by atoms with E-state index >= 15 is 0 Å². The largest absolute Gasteiger partial charge is 0.345 e. The zero-order valence-electron chi connectivity index (χ0n) is 9.95. The molecule has 2 unspecified atom stereocenters. The van der Waals surface area contributed by atoms with Gasteiger partial charge in [-0.1, -0.05) is 0 Å². The third-order valence-corrected chi connectivity index (χ3v) is 4.25. The van der Waals surface area contributed by atoms with E-state index in [0.717, 1.165) is 11.8 Å². The molecule has 1 N–H and O–H groups in total. The summed E-state index contributed by atoms with van der Waals surface area (Å²) >= 11 is 1.95. The number of likely N-dealkylation sites (N-methyl/N-ethyl adjacent to an activating group) is 1. The Bertz CT molecular complexity index is 211. The second kappa shape index (κ2) is 6.38. The number of thioether (sulfide) groups is 1. The summed E-state index contributed by atoms with van der Waals surface area (Å²) in [4.78, 5) is 13.3. The molecule has 1 amide bonds. The highest BCUT2D eigenvalue weighted by Crippen LogP contribution is 2.27. The number of nitrogens with zero attached hydrogens (tertiary/aromatic N) is 1. The predicted molar refractivity (Wildman–Crippen MR) is 66.3 cm³/mol. The summed E-state index contributed by atoms with van der Waals surface area (Å²) in [6.45, 7) is 3.28. The van der Waals surface area contributed by atoms with Crippen molar-refractivity contribution in [2.24, 2.45) is 0 Å². The van der Waals surface area contributed by atoms with Crippen molar-refractivity contribution >= 4 is 17.7 Å². The molecule has 1 rings (SSSR count). The third kappa shape index (κ3) is 4.03. The van der Waals surface area contributed by atoms with Crippen LogP contribution in [0.2, 0.25) is 0 Å². The fourth-order valence-corrected chi connectivity index (χ4v) is 2.68. The number of amides is 1. The molecule has 4 heteroatoms. The summed E-state index contributed by atoms with van der Waals surface area (Å²) < 4.78 is 0. The Hall–Kier alpha value is -0.220. The van der Waals surface area contributed by atoms with Gasteiger partial charge in [-0.3, -0.25) is 4.79 Å². The van der Waals surface area contributed by atoms with E-state index in [1.165, 1.54) is 19.3 Å². The van der Waals surface area contributed by atoms with Crippen LogP contribution < -0.4 is 5.32 Å². The molecule has 0 aromatic rings. The zero-order valence-corrected chi connectivity index (χ0v) is 10.8. The monoisotopic (exact) mass is 230 g/mol. The van der Waals surface area contributed by atoms with Crippen molar-refractivity contribution in [2.75, 3.05) is 26.4 Å². The maximum Gasteiger partial charge on any atom is 0.236 e. The topological polar surface area (TPSA) is 32.3 Å². The Morgan fingerprint density at radius 3 is 2.80 bits per heavy atom. The Morgan fingerprint density at radius 2 is 2.27 bits per heavy atom. The van der Waals surface area contributed by atoms with Gasteiger partial charge < -0.3 is 10.2 Å². The molecule has 0 aromatic heterocycles. The smallest absolute Gasteiger partial charge is 0.236 e. The lowest BCUT2D eigenvalue weighted by molar-refractivity contribution is -0.128. The highest BCUT2D eigenvalue weighted by molar-refractivity contribution is 7.99. The van der Waals surface area contributed by atoms with Crippen LogP contribution in [0.5, 0.6) is 0 Å². The fourth-order valence-electron chi connectivity index (χ4n) is 1.88. The fraction of sp³-hybridized carbons (Fsp3) is 0.909. The molecule has 88 valence electrons. The van der Waals surface area contributed by atoms with Gasteiger partial charge in [0.15, 0.2) is 0 Å². The first kappa shape index (κ1) is 12.8. The van der Waals surface area contributed by atoms with Crippen LogP contribution in [0.25, 0.3) is 0 Å². The van der Waals surface area contributed by atoms with Crippen LogP contribution >= 0.6 is 11.8 Å². The molecule has 0 aromatic carbocycles. The highest BCUT2D eigenvalue weighted by atomic mass is 32.2. The molecule has 0 radical (unpaired) electrons. The van der Waals surface area contributed by atoms with E-state index in [0.29, 0.717) is 12.6 Å². The van der Waals surface area contributed by atoms with Gasteiger partial charge in [0, 0.05) is 24.9 Å². The van der Waals surface area contributed by atoms with Gasteiger partial charge in [-0.15, -0.1) is 0 Å². The Labute approximate surface area is 97.0 Å². The second-order valence-corrected chi connectivity index (χ2v) is 5.29. The lowest BCUT2D eigenvalue weighted by Crippen LogP contribution is -2.39. The first-order valence-corrected chi connectivity index (χ1v) is 6.96. The Morgan fingerprint density at radius 1 is 1.53 bits per heavy atom. The molecule has 1 aliphatic rings. The molecule has 0 bridgehead atoms. The maximum atomic E-state index is 11.5. The van der Waals surface area contributed by atoms with Crippen LogP contribution in [0.15, 0.2) is 0 Å². The minimum absolute atomic E-state index is 0.199. The number of rotatable bonds is 5. The molecule has 0 saturated heterocycles. The second-order valence-electron chi connectivity index (χ2n) is 4.16. The van der Waals surface area contributed by atoms with Crippen molar-refractivity contribution < 1.29 is 4.79 Å². The number of hydrogen-bond acceptors (Lipinski definition) is 3. The van der Waals surface area contributed by atoms with Gasteiger partial charge in [0.25, 0.3) is 0 Å². The number of hydrogen-bond donors (Lipinski definition) is 1. The van der Waals surface area contributed by atoms with Gasteiger partial charge in [-0.05, 0) is 32.4 Å².